The second kappa shape index (κ2) is 4.72. The summed E-state index contributed by atoms with van der Waals surface area (Å²) in [5.74, 6) is 0. The molecule has 94 valence electrons. The molecule has 0 aromatic carbocycles. The summed E-state index contributed by atoms with van der Waals surface area (Å²) < 4.78 is 26.0. The van der Waals surface area contributed by atoms with Crippen LogP contribution in [-0.4, -0.2) is 35.4 Å². The molecule has 17 heavy (non-hydrogen) atoms. The first-order valence-electron chi connectivity index (χ1n) is 5.67. The molecule has 1 aliphatic rings. The molecule has 1 saturated carbocycles. The largest absolute Gasteiger partial charge is 0.392 e. The molecule has 0 atom stereocenters. The molecule has 1 heterocycles. The Labute approximate surface area is 101 Å². The lowest BCUT2D eigenvalue weighted by Gasteiger charge is -2.19. The normalized spacial score (nSPS) is 16.4. The third kappa shape index (κ3) is 2.48. The first-order valence-corrected chi connectivity index (χ1v) is 7.11. The van der Waals surface area contributed by atoms with E-state index >= 15 is 0 Å². The minimum absolute atomic E-state index is 0.0588. The minimum Gasteiger partial charge on any atom is -0.392 e. The topological polar surface area (TPSA) is 70.5 Å². The highest BCUT2D eigenvalue weighted by Crippen LogP contribution is 2.31. The molecule has 0 spiro atoms. The summed E-state index contributed by atoms with van der Waals surface area (Å²) in [6, 6.07) is 3.18. The lowest BCUT2D eigenvalue weighted by molar-refractivity contribution is 0.281. The van der Waals surface area contributed by atoms with Crippen molar-refractivity contribution in [2.45, 2.75) is 37.4 Å². The number of rotatable bonds is 5. The lowest BCUT2D eigenvalue weighted by Crippen LogP contribution is -2.33. The summed E-state index contributed by atoms with van der Waals surface area (Å²) in [7, 11) is -3.47. The Morgan fingerprint density at radius 3 is 2.59 bits per heavy atom. The maximum Gasteiger partial charge on any atom is 0.260 e. The fourth-order valence-corrected chi connectivity index (χ4v) is 3.37. The summed E-state index contributed by atoms with van der Waals surface area (Å²) in [5, 5.41) is 8.94. The van der Waals surface area contributed by atoms with E-state index in [9.17, 15) is 8.42 Å². The van der Waals surface area contributed by atoms with Crippen LogP contribution < -0.4 is 0 Å². The summed E-state index contributed by atoms with van der Waals surface area (Å²) in [5.41, 5.74) is 0.610. The number of pyridine rings is 1. The van der Waals surface area contributed by atoms with Crippen molar-refractivity contribution in [1.82, 2.24) is 9.29 Å². The minimum atomic E-state index is -3.47. The Bertz CT molecular complexity index is 480. The standard InChI is InChI=1S/C11H16N2O3S/c1-2-13(10-4-5-10)17(15,16)11-6-3-9(8-14)7-12-11/h3,6-7,10,14H,2,4-5,8H2,1H3. The number of nitrogens with zero attached hydrogens (tertiary/aromatic N) is 2. The average molecular weight is 256 g/mol. The van der Waals surface area contributed by atoms with Crippen LogP contribution in [0.4, 0.5) is 0 Å². The summed E-state index contributed by atoms with van der Waals surface area (Å²) in [4.78, 5) is 3.91. The van der Waals surface area contributed by atoms with Crippen molar-refractivity contribution >= 4 is 10.0 Å². The van der Waals surface area contributed by atoms with Gasteiger partial charge < -0.3 is 5.11 Å². The van der Waals surface area contributed by atoms with Crippen LogP contribution in [0.25, 0.3) is 0 Å². The zero-order valence-corrected chi connectivity index (χ0v) is 10.5. The SMILES string of the molecule is CCN(C1CC1)S(=O)(=O)c1ccc(CO)cn1. The number of aliphatic hydroxyl groups excluding tert-OH is 1. The first-order chi connectivity index (χ1) is 8.09. The van der Waals surface area contributed by atoms with Gasteiger partial charge >= 0.3 is 0 Å². The summed E-state index contributed by atoms with van der Waals surface area (Å²) in [6.45, 7) is 2.17. The second-order valence-electron chi connectivity index (χ2n) is 4.10. The van der Waals surface area contributed by atoms with Crippen LogP contribution in [0.5, 0.6) is 0 Å². The van der Waals surface area contributed by atoms with Gasteiger partial charge in [0.25, 0.3) is 10.0 Å². The van der Waals surface area contributed by atoms with Gasteiger partial charge in [-0.15, -0.1) is 0 Å². The Morgan fingerprint density at radius 2 is 2.18 bits per heavy atom. The van der Waals surface area contributed by atoms with Gasteiger partial charge in [-0.3, -0.25) is 0 Å². The number of aromatic nitrogens is 1. The van der Waals surface area contributed by atoms with Crippen LogP contribution in [0.3, 0.4) is 0 Å². The predicted octanol–water partition coefficient (Wildman–Crippen LogP) is 0.747. The van der Waals surface area contributed by atoms with Crippen LogP contribution in [0.2, 0.25) is 0 Å². The van der Waals surface area contributed by atoms with Crippen molar-refractivity contribution in [3.63, 3.8) is 0 Å². The molecule has 0 amide bonds. The van der Waals surface area contributed by atoms with E-state index in [4.69, 9.17) is 5.11 Å². The van der Waals surface area contributed by atoms with Gasteiger partial charge in [0.1, 0.15) is 0 Å². The van der Waals surface area contributed by atoms with Crippen molar-refractivity contribution in [1.29, 1.82) is 0 Å². The highest BCUT2D eigenvalue weighted by atomic mass is 32.2. The number of hydrogen-bond acceptors (Lipinski definition) is 4. The number of sulfonamides is 1. The molecule has 1 fully saturated rings. The number of hydrogen-bond donors (Lipinski definition) is 1. The van der Waals surface area contributed by atoms with E-state index in [-0.39, 0.29) is 17.7 Å². The van der Waals surface area contributed by atoms with E-state index in [1.54, 1.807) is 6.07 Å². The zero-order valence-electron chi connectivity index (χ0n) is 9.70. The Kier molecular flexibility index (Phi) is 3.46. The fourth-order valence-electron chi connectivity index (χ4n) is 1.76. The smallest absolute Gasteiger partial charge is 0.260 e. The molecule has 0 unspecified atom stereocenters. The van der Waals surface area contributed by atoms with E-state index in [0.717, 1.165) is 12.8 Å². The highest BCUT2D eigenvalue weighted by molar-refractivity contribution is 7.89. The maximum atomic E-state index is 12.2. The average Bonchev–Trinajstić information content (AvgIpc) is 3.14. The molecule has 1 aliphatic carbocycles. The van der Waals surface area contributed by atoms with E-state index in [2.05, 4.69) is 4.98 Å². The van der Waals surface area contributed by atoms with Crippen molar-refractivity contribution in [2.24, 2.45) is 0 Å². The molecular formula is C11H16N2O3S. The Morgan fingerprint density at radius 1 is 1.47 bits per heavy atom. The Balaban J connectivity index is 2.29. The van der Waals surface area contributed by atoms with Gasteiger partial charge in [0.15, 0.2) is 5.03 Å². The molecule has 0 saturated heterocycles. The fraction of sp³-hybridized carbons (Fsp3) is 0.545. The molecule has 6 heteroatoms. The van der Waals surface area contributed by atoms with E-state index in [0.29, 0.717) is 12.1 Å². The van der Waals surface area contributed by atoms with Crippen molar-refractivity contribution in [3.8, 4) is 0 Å². The van der Waals surface area contributed by atoms with Crippen LogP contribution in [0, 0.1) is 0 Å². The lowest BCUT2D eigenvalue weighted by atomic mass is 10.3. The van der Waals surface area contributed by atoms with Gasteiger partial charge in [0.05, 0.1) is 6.61 Å². The van der Waals surface area contributed by atoms with Gasteiger partial charge in [-0.05, 0) is 24.5 Å². The second-order valence-corrected chi connectivity index (χ2v) is 5.94. The molecule has 1 aromatic heterocycles. The Hall–Kier alpha value is -0.980. The molecule has 0 radical (unpaired) electrons. The molecular weight excluding hydrogens is 240 g/mol. The third-order valence-corrected chi connectivity index (χ3v) is 4.76. The molecule has 1 aromatic rings. The van der Waals surface area contributed by atoms with Crippen LogP contribution in [0.1, 0.15) is 25.3 Å². The molecule has 0 aliphatic heterocycles. The van der Waals surface area contributed by atoms with Crippen LogP contribution in [0.15, 0.2) is 23.4 Å². The van der Waals surface area contributed by atoms with Crippen LogP contribution >= 0.6 is 0 Å². The number of aliphatic hydroxyl groups is 1. The van der Waals surface area contributed by atoms with Gasteiger partial charge in [0, 0.05) is 18.8 Å². The van der Waals surface area contributed by atoms with Gasteiger partial charge in [-0.1, -0.05) is 13.0 Å². The highest BCUT2D eigenvalue weighted by Gasteiger charge is 2.37. The van der Waals surface area contributed by atoms with Crippen LogP contribution in [-0.2, 0) is 16.6 Å². The van der Waals surface area contributed by atoms with E-state index in [1.165, 1.54) is 16.6 Å². The van der Waals surface area contributed by atoms with Crippen molar-refractivity contribution in [2.75, 3.05) is 6.54 Å². The molecule has 5 nitrogen and oxygen atoms in total. The third-order valence-electron chi connectivity index (χ3n) is 2.82. The quantitative estimate of drug-likeness (QED) is 0.844. The van der Waals surface area contributed by atoms with Gasteiger partial charge in [-0.2, -0.15) is 4.31 Å². The monoisotopic (exact) mass is 256 g/mol. The maximum absolute atomic E-state index is 12.2. The van der Waals surface area contributed by atoms with Crippen molar-refractivity contribution in [3.05, 3.63) is 23.9 Å². The van der Waals surface area contributed by atoms with Gasteiger partial charge in [-0.25, -0.2) is 13.4 Å². The zero-order chi connectivity index (χ0) is 12.5. The molecule has 2 rings (SSSR count). The summed E-state index contributed by atoms with van der Waals surface area (Å²) >= 11 is 0. The van der Waals surface area contributed by atoms with Crippen molar-refractivity contribution < 1.29 is 13.5 Å². The first kappa shape index (κ1) is 12.5. The summed E-state index contributed by atoms with van der Waals surface area (Å²) in [6.07, 6.45) is 3.26. The molecule has 1 N–H and O–H groups in total. The predicted molar refractivity (Wildman–Crippen MR) is 62.7 cm³/mol. The van der Waals surface area contributed by atoms with E-state index in [1.807, 2.05) is 6.92 Å². The van der Waals surface area contributed by atoms with E-state index < -0.39 is 10.0 Å². The van der Waals surface area contributed by atoms with Gasteiger partial charge in [0.2, 0.25) is 0 Å². The molecule has 0 bridgehead atoms.